The van der Waals surface area contributed by atoms with Gasteiger partial charge in [-0.05, 0) is 48.7 Å². The number of carbonyl (C=O) groups excluding carboxylic acids is 3. The average Bonchev–Trinajstić information content (AvgIpc) is 3.37. The molecule has 0 spiro atoms. The van der Waals surface area contributed by atoms with E-state index in [-0.39, 0.29) is 36.8 Å². The summed E-state index contributed by atoms with van der Waals surface area (Å²) in [5, 5.41) is 2.82. The monoisotopic (exact) mass is 486 g/mol. The lowest BCUT2D eigenvalue weighted by Gasteiger charge is -2.14. The highest BCUT2D eigenvalue weighted by molar-refractivity contribution is 9.10. The third kappa shape index (κ3) is 5.14. The summed E-state index contributed by atoms with van der Waals surface area (Å²) in [6, 6.07) is 12.5. The summed E-state index contributed by atoms with van der Waals surface area (Å²) in [6.07, 6.45) is 2.33. The summed E-state index contributed by atoms with van der Waals surface area (Å²) in [4.78, 5) is 38.2. The molecule has 2 aromatic carbocycles. The molecule has 1 saturated heterocycles. The first-order chi connectivity index (χ1) is 15.0. The van der Waals surface area contributed by atoms with Crippen molar-refractivity contribution in [3.8, 4) is 5.75 Å². The Morgan fingerprint density at radius 1 is 1.13 bits per heavy atom. The van der Waals surface area contributed by atoms with Crippen LogP contribution in [-0.2, 0) is 16.1 Å². The second kappa shape index (κ2) is 9.62. The van der Waals surface area contributed by atoms with E-state index in [9.17, 15) is 14.4 Å². The lowest BCUT2D eigenvalue weighted by molar-refractivity contribution is -0.121. The van der Waals surface area contributed by atoms with Crippen molar-refractivity contribution in [2.24, 2.45) is 0 Å². The van der Waals surface area contributed by atoms with E-state index in [1.165, 1.54) is 0 Å². The van der Waals surface area contributed by atoms with Crippen LogP contribution in [0.4, 0.5) is 0 Å². The van der Waals surface area contributed by atoms with Gasteiger partial charge in [0.1, 0.15) is 12.4 Å². The van der Waals surface area contributed by atoms with Crippen LogP contribution in [0, 0.1) is 0 Å². The van der Waals surface area contributed by atoms with Crippen molar-refractivity contribution in [2.75, 3.05) is 19.8 Å². The van der Waals surface area contributed by atoms with Crippen molar-refractivity contribution in [1.82, 2.24) is 10.2 Å². The summed E-state index contributed by atoms with van der Waals surface area (Å²) in [7, 11) is 0. The lowest BCUT2D eigenvalue weighted by atomic mass is 10.1. The zero-order valence-corrected chi connectivity index (χ0v) is 18.5. The van der Waals surface area contributed by atoms with Gasteiger partial charge >= 0.3 is 0 Å². The first-order valence-corrected chi connectivity index (χ1v) is 11.1. The maximum atomic E-state index is 12.5. The van der Waals surface area contributed by atoms with Crippen molar-refractivity contribution in [3.63, 3.8) is 0 Å². The van der Waals surface area contributed by atoms with Gasteiger partial charge in [-0.3, -0.25) is 19.3 Å². The zero-order valence-electron chi connectivity index (χ0n) is 16.9. The quantitative estimate of drug-likeness (QED) is 0.578. The predicted molar refractivity (Wildman–Crippen MR) is 117 cm³/mol. The van der Waals surface area contributed by atoms with Gasteiger partial charge in [-0.1, -0.05) is 28.1 Å². The topological polar surface area (TPSA) is 84.9 Å². The predicted octanol–water partition coefficient (Wildman–Crippen LogP) is 3.31. The molecule has 1 fully saturated rings. The van der Waals surface area contributed by atoms with Crippen LogP contribution in [0.5, 0.6) is 5.75 Å². The van der Waals surface area contributed by atoms with E-state index in [1.54, 1.807) is 18.2 Å². The molecule has 8 heteroatoms. The van der Waals surface area contributed by atoms with Crippen LogP contribution < -0.4 is 10.1 Å². The molecule has 7 nitrogen and oxygen atoms in total. The highest BCUT2D eigenvalue weighted by Gasteiger charge is 2.35. The Morgan fingerprint density at radius 3 is 2.65 bits per heavy atom. The van der Waals surface area contributed by atoms with Crippen molar-refractivity contribution in [2.45, 2.75) is 31.9 Å². The van der Waals surface area contributed by atoms with Gasteiger partial charge < -0.3 is 14.8 Å². The van der Waals surface area contributed by atoms with Gasteiger partial charge in [0.15, 0.2) is 0 Å². The number of amides is 3. The molecule has 0 bridgehead atoms. The minimum Gasteiger partial charge on any atom is -0.491 e. The Labute approximate surface area is 188 Å². The Kier molecular flexibility index (Phi) is 6.67. The second-order valence-corrected chi connectivity index (χ2v) is 8.48. The summed E-state index contributed by atoms with van der Waals surface area (Å²) < 4.78 is 12.0. The first kappa shape index (κ1) is 21.5. The molecule has 162 valence electrons. The number of hydrogen-bond acceptors (Lipinski definition) is 5. The van der Waals surface area contributed by atoms with Gasteiger partial charge in [0.05, 0.1) is 17.2 Å². The first-order valence-electron chi connectivity index (χ1n) is 10.3. The van der Waals surface area contributed by atoms with Gasteiger partial charge in [0.25, 0.3) is 11.8 Å². The Hall–Kier alpha value is -2.71. The number of rotatable bonds is 8. The summed E-state index contributed by atoms with van der Waals surface area (Å²) in [6.45, 7) is 1.76. The number of benzene rings is 2. The molecule has 1 atom stereocenters. The number of imide groups is 1. The largest absolute Gasteiger partial charge is 0.491 e. The van der Waals surface area contributed by atoms with Gasteiger partial charge in [0, 0.05) is 30.6 Å². The molecule has 1 N–H and O–H groups in total. The minimum absolute atomic E-state index is 0.0474. The average molecular weight is 487 g/mol. The number of halogens is 1. The van der Waals surface area contributed by atoms with Crippen molar-refractivity contribution in [1.29, 1.82) is 0 Å². The van der Waals surface area contributed by atoms with Crippen molar-refractivity contribution in [3.05, 3.63) is 63.6 Å². The minimum atomic E-state index is -0.368. The fourth-order valence-corrected chi connectivity index (χ4v) is 4.00. The normalized spacial score (nSPS) is 17.7. The molecule has 1 unspecified atom stereocenters. The van der Waals surface area contributed by atoms with E-state index in [4.69, 9.17) is 9.47 Å². The fourth-order valence-electron chi connectivity index (χ4n) is 3.64. The number of nitrogens with zero attached hydrogens (tertiary/aromatic N) is 1. The number of carbonyl (C=O) groups is 3. The Bertz CT molecular complexity index is 986. The molecule has 2 aliphatic rings. The van der Waals surface area contributed by atoms with Gasteiger partial charge in [-0.2, -0.15) is 0 Å². The molecular formula is C23H23BrN2O5. The molecule has 2 aromatic rings. The summed E-state index contributed by atoms with van der Waals surface area (Å²) in [5.74, 6) is -0.189. The van der Waals surface area contributed by atoms with Crippen LogP contribution in [0.2, 0.25) is 0 Å². The van der Waals surface area contributed by atoms with E-state index in [2.05, 4.69) is 21.2 Å². The van der Waals surface area contributed by atoms with Crippen LogP contribution in [0.3, 0.4) is 0 Å². The molecule has 31 heavy (non-hydrogen) atoms. The number of fused-ring (bicyclic) bond motifs is 1. The molecule has 0 radical (unpaired) electrons. The third-order valence-corrected chi connectivity index (χ3v) is 5.86. The van der Waals surface area contributed by atoms with Crippen LogP contribution in [-0.4, -0.2) is 48.5 Å². The molecule has 2 heterocycles. The van der Waals surface area contributed by atoms with Gasteiger partial charge in [-0.15, -0.1) is 0 Å². The fraction of sp³-hybridized carbons (Fsp3) is 0.348. The van der Waals surface area contributed by atoms with E-state index in [0.717, 1.165) is 40.1 Å². The van der Waals surface area contributed by atoms with E-state index in [0.29, 0.717) is 24.3 Å². The molecular weight excluding hydrogens is 464 g/mol. The smallest absolute Gasteiger partial charge is 0.261 e. The number of hydrogen-bond donors (Lipinski definition) is 1. The summed E-state index contributed by atoms with van der Waals surface area (Å²) >= 11 is 3.31. The van der Waals surface area contributed by atoms with Crippen LogP contribution in [0.1, 0.15) is 45.5 Å². The zero-order chi connectivity index (χ0) is 21.8. The molecule has 0 saturated carbocycles. The van der Waals surface area contributed by atoms with Crippen LogP contribution >= 0.6 is 15.9 Å². The Balaban J connectivity index is 1.21. The number of nitrogens with one attached hydrogen (secondary N) is 1. The van der Waals surface area contributed by atoms with E-state index in [1.807, 2.05) is 24.3 Å². The van der Waals surface area contributed by atoms with Crippen LogP contribution in [0.15, 0.2) is 46.9 Å². The molecule has 4 rings (SSSR count). The highest BCUT2D eigenvalue weighted by atomic mass is 79.9. The van der Waals surface area contributed by atoms with Crippen LogP contribution in [0.25, 0.3) is 0 Å². The van der Waals surface area contributed by atoms with Crippen molar-refractivity contribution < 1.29 is 23.9 Å². The summed E-state index contributed by atoms with van der Waals surface area (Å²) in [5.41, 5.74) is 1.67. The van der Waals surface area contributed by atoms with E-state index < -0.39 is 0 Å². The molecule has 2 aliphatic heterocycles. The van der Waals surface area contributed by atoms with Crippen molar-refractivity contribution >= 4 is 33.7 Å². The third-order valence-electron chi connectivity index (χ3n) is 5.37. The maximum absolute atomic E-state index is 12.5. The number of ether oxygens (including phenoxy) is 2. The highest BCUT2D eigenvalue weighted by Crippen LogP contribution is 2.26. The lowest BCUT2D eigenvalue weighted by Crippen LogP contribution is -2.34. The SMILES string of the molecule is O=C(CCN1C(=O)c2ccc(Br)cc2C1=O)NCc1ccc(OCC2CCCO2)cc1. The van der Waals surface area contributed by atoms with E-state index >= 15 is 0 Å². The standard InChI is InChI=1S/C23H23BrN2O5/c24-16-5-8-19-20(12-16)23(29)26(22(19)28)10-9-21(27)25-13-15-3-6-17(7-4-15)31-14-18-2-1-11-30-18/h3-8,12,18H,1-2,9-11,13-14H2,(H,25,27). The van der Waals surface area contributed by atoms with Gasteiger partial charge in [-0.25, -0.2) is 0 Å². The molecule has 0 aliphatic carbocycles. The Morgan fingerprint density at radius 2 is 1.90 bits per heavy atom. The molecule has 0 aromatic heterocycles. The molecule has 3 amide bonds. The maximum Gasteiger partial charge on any atom is 0.261 e. The van der Waals surface area contributed by atoms with Gasteiger partial charge in [0.2, 0.25) is 5.91 Å². The second-order valence-electron chi connectivity index (χ2n) is 7.57.